The highest BCUT2D eigenvalue weighted by atomic mass is 32.2. The van der Waals surface area contributed by atoms with Crippen LogP contribution < -0.4 is 9.88 Å². The minimum absolute atomic E-state index is 0.0938. The molecule has 110 valence electrons. The summed E-state index contributed by atoms with van der Waals surface area (Å²) in [5.41, 5.74) is 0.216. The van der Waals surface area contributed by atoms with Crippen LogP contribution in [0.3, 0.4) is 0 Å². The molecule has 0 bridgehead atoms. The van der Waals surface area contributed by atoms with Crippen LogP contribution in [0.1, 0.15) is 29.6 Å². The van der Waals surface area contributed by atoms with Crippen molar-refractivity contribution in [1.29, 1.82) is 0 Å². The van der Waals surface area contributed by atoms with Crippen molar-refractivity contribution in [2.24, 2.45) is 5.14 Å². The Bertz CT molecular complexity index is 623. The highest BCUT2D eigenvalue weighted by Gasteiger charge is 2.28. The molecule has 1 aliphatic rings. The second kappa shape index (κ2) is 5.41. The summed E-state index contributed by atoms with van der Waals surface area (Å²) in [5, 5.41) is 5.10. The third-order valence-electron chi connectivity index (χ3n) is 3.67. The van der Waals surface area contributed by atoms with Gasteiger partial charge in [0.25, 0.3) is 5.91 Å². The molecule has 2 N–H and O–H groups in total. The first-order chi connectivity index (χ1) is 9.34. The van der Waals surface area contributed by atoms with E-state index in [9.17, 15) is 13.2 Å². The Balaban J connectivity index is 2.39. The number of methoxy groups -OCH3 is 1. The smallest absolute Gasteiger partial charge is 0.257 e. The normalized spacial score (nSPS) is 15.6. The van der Waals surface area contributed by atoms with Gasteiger partial charge in [-0.3, -0.25) is 4.79 Å². The van der Waals surface area contributed by atoms with Crippen LogP contribution in [0.15, 0.2) is 23.1 Å². The van der Waals surface area contributed by atoms with Gasteiger partial charge in [-0.15, -0.1) is 0 Å². The Morgan fingerprint density at radius 3 is 2.50 bits per heavy atom. The molecule has 0 atom stereocenters. The van der Waals surface area contributed by atoms with Crippen LogP contribution >= 0.6 is 0 Å². The van der Waals surface area contributed by atoms with E-state index in [0.717, 1.165) is 19.3 Å². The van der Waals surface area contributed by atoms with Gasteiger partial charge in [-0.1, -0.05) is 0 Å². The molecular formula is C13H18N2O4S. The molecule has 0 spiro atoms. The number of ether oxygens (including phenoxy) is 1. The zero-order valence-corrected chi connectivity index (χ0v) is 12.3. The lowest BCUT2D eigenvalue weighted by Gasteiger charge is -2.35. The second-order valence-corrected chi connectivity index (χ2v) is 6.47. The molecule has 0 aromatic heterocycles. The van der Waals surface area contributed by atoms with Gasteiger partial charge in [0.1, 0.15) is 5.75 Å². The minimum Gasteiger partial charge on any atom is -0.496 e. The summed E-state index contributed by atoms with van der Waals surface area (Å²) in [5.74, 6) is 0.0885. The number of benzene rings is 1. The maximum absolute atomic E-state index is 12.4. The molecule has 6 nitrogen and oxygen atoms in total. The Labute approximate surface area is 118 Å². The van der Waals surface area contributed by atoms with Gasteiger partial charge in [-0.05, 0) is 37.5 Å². The van der Waals surface area contributed by atoms with Gasteiger partial charge in [0, 0.05) is 13.1 Å². The number of nitrogens with two attached hydrogens (primary N) is 1. The van der Waals surface area contributed by atoms with Gasteiger partial charge >= 0.3 is 0 Å². The van der Waals surface area contributed by atoms with Gasteiger partial charge in [0.2, 0.25) is 10.0 Å². The molecule has 1 aliphatic carbocycles. The molecule has 0 unspecified atom stereocenters. The number of carbonyl (C=O) groups excluding carboxylic acids is 1. The van der Waals surface area contributed by atoms with Crippen LogP contribution in [0.4, 0.5) is 0 Å². The molecule has 0 saturated heterocycles. The fourth-order valence-corrected chi connectivity index (χ4v) is 2.70. The lowest BCUT2D eigenvalue weighted by Crippen LogP contribution is -2.41. The summed E-state index contributed by atoms with van der Waals surface area (Å²) in [7, 11) is -0.694. The quantitative estimate of drug-likeness (QED) is 0.896. The first-order valence-electron chi connectivity index (χ1n) is 6.32. The van der Waals surface area contributed by atoms with Crippen molar-refractivity contribution in [2.75, 3.05) is 14.2 Å². The molecule has 0 radical (unpaired) electrons. The fraction of sp³-hybridized carbons (Fsp3) is 0.462. The van der Waals surface area contributed by atoms with E-state index in [1.165, 1.54) is 25.3 Å². The van der Waals surface area contributed by atoms with E-state index in [1.54, 1.807) is 11.9 Å². The molecule has 1 amide bonds. The third-order valence-corrected chi connectivity index (χ3v) is 4.58. The standard InChI is InChI=1S/C13H18N2O4S/c1-15(9-4-3-5-9)13(16)11-8-10(20(14,17)18)6-7-12(11)19-2/h6-9H,3-5H2,1-2H3,(H2,14,17,18). The summed E-state index contributed by atoms with van der Waals surface area (Å²) in [6, 6.07) is 4.26. The first-order valence-corrected chi connectivity index (χ1v) is 7.87. The molecular weight excluding hydrogens is 280 g/mol. The summed E-state index contributed by atoms with van der Waals surface area (Å²) >= 11 is 0. The number of primary sulfonamides is 1. The van der Waals surface area contributed by atoms with Crippen molar-refractivity contribution in [3.8, 4) is 5.75 Å². The monoisotopic (exact) mass is 298 g/mol. The topological polar surface area (TPSA) is 89.7 Å². The number of carbonyl (C=O) groups is 1. The molecule has 7 heteroatoms. The largest absolute Gasteiger partial charge is 0.496 e. The van der Waals surface area contributed by atoms with Crippen LogP contribution in [-0.2, 0) is 10.0 Å². The average molecular weight is 298 g/mol. The Morgan fingerprint density at radius 2 is 2.05 bits per heavy atom. The maximum atomic E-state index is 12.4. The number of hydrogen-bond acceptors (Lipinski definition) is 4. The molecule has 1 fully saturated rings. The zero-order valence-electron chi connectivity index (χ0n) is 11.5. The first kappa shape index (κ1) is 14.8. The van der Waals surface area contributed by atoms with Gasteiger partial charge < -0.3 is 9.64 Å². The highest BCUT2D eigenvalue weighted by molar-refractivity contribution is 7.89. The van der Waals surface area contributed by atoms with E-state index >= 15 is 0 Å². The SMILES string of the molecule is COc1ccc(S(N)(=O)=O)cc1C(=O)N(C)C1CCC1. The summed E-state index contributed by atoms with van der Waals surface area (Å²) in [6.07, 6.45) is 3.05. The van der Waals surface area contributed by atoms with E-state index in [4.69, 9.17) is 9.88 Å². The Hall–Kier alpha value is -1.60. The molecule has 1 aromatic carbocycles. The van der Waals surface area contributed by atoms with Crippen LogP contribution in [0.25, 0.3) is 0 Å². The Morgan fingerprint density at radius 1 is 1.40 bits per heavy atom. The van der Waals surface area contributed by atoms with Gasteiger partial charge in [0.15, 0.2) is 0 Å². The van der Waals surface area contributed by atoms with E-state index in [0.29, 0.717) is 5.75 Å². The number of amides is 1. The maximum Gasteiger partial charge on any atom is 0.257 e. The number of hydrogen-bond donors (Lipinski definition) is 1. The molecule has 0 aliphatic heterocycles. The Kier molecular flexibility index (Phi) is 4.01. The summed E-state index contributed by atoms with van der Waals surface area (Å²) < 4.78 is 27.9. The molecule has 2 rings (SSSR count). The van der Waals surface area contributed by atoms with Crippen molar-refractivity contribution in [3.63, 3.8) is 0 Å². The predicted molar refractivity (Wildman–Crippen MR) is 74.1 cm³/mol. The highest BCUT2D eigenvalue weighted by Crippen LogP contribution is 2.28. The predicted octanol–water partition coefficient (Wildman–Crippen LogP) is 0.967. The van der Waals surface area contributed by atoms with Crippen molar-refractivity contribution in [2.45, 2.75) is 30.2 Å². The minimum atomic E-state index is -3.85. The summed E-state index contributed by atoms with van der Waals surface area (Å²) in [4.78, 5) is 14.0. The molecule has 0 heterocycles. The fourth-order valence-electron chi connectivity index (χ4n) is 2.16. The van der Waals surface area contributed by atoms with Crippen LogP contribution in [0.5, 0.6) is 5.75 Å². The molecule has 1 saturated carbocycles. The van der Waals surface area contributed by atoms with Crippen molar-refractivity contribution >= 4 is 15.9 Å². The number of nitrogens with zero attached hydrogens (tertiary/aromatic N) is 1. The molecule has 1 aromatic rings. The lowest BCUT2D eigenvalue weighted by molar-refractivity contribution is 0.0648. The van der Waals surface area contributed by atoms with Crippen molar-refractivity contribution in [3.05, 3.63) is 23.8 Å². The molecule has 20 heavy (non-hydrogen) atoms. The van der Waals surface area contributed by atoms with Crippen molar-refractivity contribution < 1.29 is 17.9 Å². The van der Waals surface area contributed by atoms with Crippen molar-refractivity contribution in [1.82, 2.24) is 4.90 Å². The van der Waals surface area contributed by atoms with Gasteiger partial charge in [-0.2, -0.15) is 0 Å². The summed E-state index contributed by atoms with van der Waals surface area (Å²) in [6.45, 7) is 0. The van der Waals surface area contributed by atoms with Gasteiger partial charge in [-0.25, -0.2) is 13.6 Å². The number of sulfonamides is 1. The zero-order chi connectivity index (χ0) is 14.9. The lowest BCUT2D eigenvalue weighted by atomic mass is 9.91. The van der Waals surface area contributed by atoms with E-state index in [-0.39, 0.29) is 22.4 Å². The van der Waals surface area contributed by atoms with E-state index < -0.39 is 10.0 Å². The van der Waals surface area contributed by atoms with Crippen LogP contribution in [0, 0.1) is 0 Å². The average Bonchev–Trinajstić information content (AvgIpc) is 2.33. The van der Waals surface area contributed by atoms with Crippen LogP contribution in [0.2, 0.25) is 0 Å². The van der Waals surface area contributed by atoms with E-state index in [1.807, 2.05) is 0 Å². The van der Waals surface area contributed by atoms with E-state index in [2.05, 4.69) is 0 Å². The third kappa shape index (κ3) is 2.78. The number of rotatable bonds is 4. The second-order valence-electron chi connectivity index (χ2n) is 4.91. The van der Waals surface area contributed by atoms with Crippen LogP contribution in [-0.4, -0.2) is 39.4 Å². The van der Waals surface area contributed by atoms with Gasteiger partial charge in [0.05, 0.1) is 17.6 Å².